The maximum atomic E-state index is 11.0. The lowest BCUT2D eigenvalue weighted by Crippen LogP contribution is -2.14. The van der Waals surface area contributed by atoms with E-state index in [0.717, 1.165) is 0 Å². The highest BCUT2D eigenvalue weighted by atomic mass is 16.6. The summed E-state index contributed by atoms with van der Waals surface area (Å²) in [4.78, 5) is 17.9. The van der Waals surface area contributed by atoms with Crippen LogP contribution in [0.4, 0.5) is 17.3 Å². The first-order valence-electron chi connectivity index (χ1n) is 5.16. The van der Waals surface area contributed by atoms with Crippen LogP contribution < -0.4 is 16.6 Å². The van der Waals surface area contributed by atoms with Crippen LogP contribution in [0.15, 0.2) is 12.7 Å². The minimum atomic E-state index is -0.617. The average molecular weight is 265 g/mol. The van der Waals surface area contributed by atoms with Gasteiger partial charge in [-0.3, -0.25) is 10.1 Å². The Morgan fingerprint density at radius 3 is 2.79 bits per heavy atom. The quantitative estimate of drug-likeness (QED) is 0.366. The van der Waals surface area contributed by atoms with Gasteiger partial charge in [0.1, 0.15) is 12.7 Å². The fourth-order valence-corrected chi connectivity index (χ4v) is 1.42. The van der Waals surface area contributed by atoms with Crippen molar-refractivity contribution < 1.29 is 4.92 Å². The van der Waals surface area contributed by atoms with Crippen LogP contribution in [-0.2, 0) is 13.6 Å². The van der Waals surface area contributed by atoms with E-state index in [-0.39, 0.29) is 23.9 Å². The third-order valence-electron chi connectivity index (χ3n) is 2.36. The number of nitrogens with zero attached hydrogens (tertiary/aromatic N) is 6. The summed E-state index contributed by atoms with van der Waals surface area (Å²) in [6, 6.07) is 0. The highest BCUT2D eigenvalue weighted by Gasteiger charge is 2.22. The van der Waals surface area contributed by atoms with Gasteiger partial charge >= 0.3 is 5.69 Å². The van der Waals surface area contributed by atoms with Gasteiger partial charge in [-0.05, 0) is 0 Å². The zero-order chi connectivity index (χ0) is 13.8. The number of aromatic nitrogens is 5. The van der Waals surface area contributed by atoms with E-state index < -0.39 is 4.92 Å². The predicted octanol–water partition coefficient (Wildman–Crippen LogP) is -0.589. The minimum Gasteiger partial charge on any atom is -0.357 e. The molecule has 0 fully saturated rings. The van der Waals surface area contributed by atoms with Gasteiger partial charge in [0.25, 0.3) is 0 Å². The molecule has 0 saturated carbocycles. The Labute approximate surface area is 107 Å². The number of nitrogens with one attached hydrogen (secondary N) is 2. The van der Waals surface area contributed by atoms with Crippen molar-refractivity contribution in [2.45, 2.75) is 6.54 Å². The lowest BCUT2D eigenvalue weighted by Gasteiger charge is -2.07. The molecule has 0 aromatic carbocycles. The van der Waals surface area contributed by atoms with Crippen LogP contribution in [-0.4, -0.2) is 29.7 Å². The maximum Gasteiger partial charge on any atom is 0.354 e. The number of nitro groups is 1. The summed E-state index contributed by atoms with van der Waals surface area (Å²) < 4.78 is 1.68. The van der Waals surface area contributed by atoms with Gasteiger partial charge in [-0.25, -0.2) is 15.8 Å². The Bertz CT molecular complexity index is 596. The summed E-state index contributed by atoms with van der Waals surface area (Å²) in [7, 11) is 1.76. The van der Waals surface area contributed by atoms with Crippen molar-refractivity contribution in [1.82, 2.24) is 24.7 Å². The summed E-state index contributed by atoms with van der Waals surface area (Å²) in [6.45, 7) is 0.234. The van der Waals surface area contributed by atoms with Crippen molar-refractivity contribution in [2.24, 2.45) is 12.9 Å². The van der Waals surface area contributed by atoms with Crippen molar-refractivity contribution in [3.05, 3.63) is 28.6 Å². The summed E-state index contributed by atoms with van der Waals surface area (Å²) in [6.07, 6.45) is 2.69. The maximum absolute atomic E-state index is 11.0. The third kappa shape index (κ3) is 2.55. The standard InChI is InChI=1S/C8H11N9O2/c1-16-4-13-15-5(16)2-10-7-6(17(18)19)8(14-9)12-3-11-7/h3-4H,2,9H2,1H3,(H2,10,11,12,14). The molecule has 0 saturated heterocycles. The molecule has 0 bridgehead atoms. The molecule has 0 unspecified atom stereocenters. The van der Waals surface area contributed by atoms with E-state index in [1.54, 1.807) is 11.6 Å². The van der Waals surface area contributed by atoms with E-state index in [0.29, 0.717) is 5.82 Å². The van der Waals surface area contributed by atoms with Crippen LogP contribution in [0, 0.1) is 10.1 Å². The molecule has 11 nitrogen and oxygen atoms in total. The predicted molar refractivity (Wildman–Crippen MR) is 64.8 cm³/mol. The second-order valence-electron chi connectivity index (χ2n) is 3.53. The van der Waals surface area contributed by atoms with Gasteiger partial charge < -0.3 is 15.3 Å². The zero-order valence-electron chi connectivity index (χ0n) is 9.94. The Balaban J connectivity index is 2.25. The third-order valence-corrected chi connectivity index (χ3v) is 2.36. The van der Waals surface area contributed by atoms with Gasteiger partial charge in [-0.1, -0.05) is 0 Å². The topological polar surface area (TPSA) is 150 Å². The molecule has 4 N–H and O–H groups in total. The second-order valence-corrected chi connectivity index (χ2v) is 3.53. The van der Waals surface area contributed by atoms with Gasteiger partial charge in [-0.15, -0.1) is 10.2 Å². The van der Waals surface area contributed by atoms with Crippen molar-refractivity contribution in [3.8, 4) is 0 Å². The van der Waals surface area contributed by atoms with Crippen LogP contribution in [0.25, 0.3) is 0 Å². The molecule has 100 valence electrons. The lowest BCUT2D eigenvalue weighted by molar-refractivity contribution is -0.383. The summed E-state index contributed by atoms with van der Waals surface area (Å²) in [5.74, 6) is 5.76. The highest BCUT2D eigenvalue weighted by Crippen LogP contribution is 2.28. The minimum absolute atomic E-state index is 0.0518. The Hall–Kier alpha value is -2.82. The normalized spacial score (nSPS) is 10.2. The Kier molecular flexibility index (Phi) is 3.47. The number of hydrogen-bond donors (Lipinski definition) is 3. The molecule has 0 aliphatic carbocycles. The van der Waals surface area contributed by atoms with Crippen LogP contribution >= 0.6 is 0 Å². The van der Waals surface area contributed by atoms with Crippen LogP contribution in [0.3, 0.4) is 0 Å². The van der Waals surface area contributed by atoms with Crippen molar-refractivity contribution in [3.63, 3.8) is 0 Å². The molecule has 0 atom stereocenters. The van der Waals surface area contributed by atoms with Gasteiger partial charge in [0, 0.05) is 7.05 Å². The number of nitrogens with two attached hydrogens (primary N) is 1. The number of hydrazine groups is 1. The van der Waals surface area contributed by atoms with E-state index in [4.69, 9.17) is 5.84 Å². The lowest BCUT2D eigenvalue weighted by atomic mass is 10.4. The van der Waals surface area contributed by atoms with Gasteiger partial charge in [0.2, 0.25) is 11.6 Å². The largest absolute Gasteiger partial charge is 0.357 e. The van der Waals surface area contributed by atoms with Crippen LogP contribution in [0.1, 0.15) is 5.82 Å². The Morgan fingerprint density at radius 1 is 1.47 bits per heavy atom. The Morgan fingerprint density at radius 2 is 2.21 bits per heavy atom. The first-order valence-corrected chi connectivity index (χ1v) is 5.16. The number of aryl methyl sites for hydroxylation is 1. The second kappa shape index (κ2) is 5.22. The van der Waals surface area contributed by atoms with Gasteiger partial charge in [0.15, 0.2) is 5.82 Å². The van der Waals surface area contributed by atoms with Gasteiger partial charge in [-0.2, -0.15) is 0 Å². The van der Waals surface area contributed by atoms with Crippen molar-refractivity contribution >= 4 is 17.3 Å². The van der Waals surface area contributed by atoms with E-state index in [9.17, 15) is 10.1 Å². The molecular weight excluding hydrogens is 254 g/mol. The molecule has 2 heterocycles. The SMILES string of the molecule is Cn1cnnc1CNc1ncnc(NN)c1[N+](=O)[O-]. The average Bonchev–Trinajstić information content (AvgIpc) is 2.81. The molecule has 0 aliphatic rings. The fraction of sp³-hybridized carbons (Fsp3) is 0.250. The van der Waals surface area contributed by atoms with E-state index in [1.807, 2.05) is 0 Å². The number of rotatable bonds is 5. The number of nitrogen functional groups attached to an aromatic ring is 1. The zero-order valence-corrected chi connectivity index (χ0v) is 9.94. The number of hydrogen-bond acceptors (Lipinski definition) is 9. The summed E-state index contributed by atoms with van der Waals surface area (Å²) in [5, 5.41) is 21.3. The first-order chi connectivity index (χ1) is 9.13. The molecule has 11 heteroatoms. The molecule has 0 radical (unpaired) electrons. The van der Waals surface area contributed by atoms with Crippen LogP contribution in [0.5, 0.6) is 0 Å². The van der Waals surface area contributed by atoms with E-state index in [1.165, 1.54) is 12.7 Å². The molecule has 0 spiro atoms. The van der Waals surface area contributed by atoms with Crippen LogP contribution in [0.2, 0.25) is 0 Å². The monoisotopic (exact) mass is 265 g/mol. The molecule has 2 aromatic rings. The fourth-order valence-electron chi connectivity index (χ4n) is 1.42. The molecule has 0 amide bonds. The molecule has 2 aromatic heterocycles. The van der Waals surface area contributed by atoms with Crippen molar-refractivity contribution in [1.29, 1.82) is 0 Å². The van der Waals surface area contributed by atoms with Gasteiger partial charge in [0.05, 0.1) is 11.5 Å². The molecule has 19 heavy (non-hydrogen) atoms. The first kappa shape index (κ1) is 12.6. The van der Waals surface area contributed by atoms with E-state index >= 15 is 0 Å². The van der Waals surface area contributed by atoms with E-state index in [2.05, 4.69) is 30.9 Å². The summed E-state index contributed by atoms with van der Waals surface area (Å²) in [5.41, 5.74) is 1.83. The van der Waals surface area contributed by atoms with Crippen molar-refractivity contribution in [2.75, 3.05) is 10.7 Å². The smallest absolute Gasteiger partial charge is 0.354 e. The highest BCUT2D eigenvalue weighted by molar-refractivity contribution is 5.68. The molecule has 2 rings (SSSR count). The molecular formula is C8H11N9O2. The number of anilines is 2. The molecule has 0 aliphatic heterocycles. The summed E-state index contributed by atoms with van der Waals surface area (Å²) >= 11 is 0.